The molecule has 1 amide bonds. The molecule has 0 saturated carbocycles. The molecular weight excluding hydrogens is 332 g/mol. The Morgan fingerprint density at radius 3 is 2.76 bits per heavy atom. The molecule has 1 aromatic heterocycles. The first kappa shape index (κ1) is 17.3. The highest BCUT2D eigenvalue weighted by Crippen LogP contribution is 2.24. The van der Waals surface area contributed by atoms with Crippen molar-refractivity contribution in [3.8, 4) is 6.07 Å². The minimum Gasteiger partial charge on any atom is -0.357 e. The van der Waals surface area contributed by atoms with Gasteiger partial charge in [-0.05, 0) is 49.4 Å². The number of nitrogens with one attached hydrogen (secondary N) is 1. The maximum atomic E-state index is 12.5. The van der Waals surface area contributed by atoms with Crippen LogP contribution in [0.1, 0.15) is 18.4 Å². The van der Waals surface area contributed by atoms with Gasteiger partial charge in [0.15, 0.2) is 0 Å². The predicted octanol–water partition coefficient (Wildman–Crippen LogP) is 3.53. The van der Waals surface area contributed by atoms with Crippen LogP contribution >= 0.6 is 11.8 Å². The SMILES string of the molecule is CSc1cccc(NC(=O)C2CCN(c3ccc(C#N)cn3)CC2)c1. The molecule has 1 aromatic carbocycles. The molecule has 2 aromatic rings. The molecule has 1 saturated heterocycles. The van der Waals surface area contributed by atoms with E-state index in [1.165, 1.54) is 0 Å². The Labute approximate surface area is 152 Å². The van der Waals surface area contributed by atoms with Crippen LogP contribution in [-0.4, -0.2) is 30.2 Å². The minimum atomic E-state index is 0.0209. The van der Waals surface area contributed by atoms with Crippen LogP contribution in [0.5, 0.6) is 0 Å². The van der Waals surface area contributed by atoms with Crippen LogP contribution in [0.25, 0.3) is 0 Å². The topological polar surface area (TPSA) is 69.0 Å². The fourth-order valence-corrected chi connectivity index (χ4v) is 3.41. The second-order valence-corrected chi connectivity index (χ2v) is 6.88. The van der Waals surface area contributed by atoms with Gasteiger partial charge < -0.3 is 10.2 Å². The number of nitriles is 1. The van der Waals surface area contributed by atoms with Crippen molar-refractivity contribution in [1.29, 1.82) is 5.26 Å². The van der Waals surface area contributed by atoms with E-state index in [0.29, 0.717) is 5.56 Å². The number of hydrogen-bond donors (Lipinski definition) is 1. The fraction of sp³-hybridized carbons (Fsp3) is 0.316. The third-order valence-corrected chi connectivity index (χ3v) is 5.13. The molecule has 1 aliphatic heterocycles. The lowest BCUT2D eigenvalue weighted by atomic mass is 9.95. The molecule has 0 unspecified atom stereocenters. The van der Waals surface area contributed by atoms with E-state index in [0.717, 1.165) is 42.3 Å². The van der Waals surface area contributed by atoms with Crippen molar-refractivity contribution in [1.82, 2.24) is 4.98 Å². The van der Waals surface area contributed by atoms with E-state index in [4.69, 9.17) is 5.26 Å². The number of nitrogens with zero attached hydrogens (tertiary/aromatic N) is 3. The highest BCUT2D eigenvalue weighted by molar-refractivity contribution is 7.98. The quantitative estimate of drug-likeness (QED) is 0.853. The maximum absolute atomic E-state index is 12.5. The summed E-state index contributed by atoms with van der Waals surface area (Å²) < 4.78 is 0. The van der Waals surface area contributed by atoms with Gasteiger partial charge >= 0.3 is 0 Å². The Bertz CT molecular complexity index is 777. The molecule has 0 atom stereocenters. The Morgan fingerprint density at radius 2 is 2.12 bits per heavy atom. The second kappa shape index (κ2) is 8.04. The van der Waals surface area contributed by atoms with Crippen molar-refractivity contribution in [3.63, 3.8) is 0 Å². The van der Waals surface area contributed by atoms with E-state index in [9.17, 15) is 4.79 Å². The fourth-order valence-electron chi connectivity index (χ4n) is 2.96. The van der Waals surface area contributed by atoms with E-state index in [1.807, 2.05) is 36.6 Å². The van der Waals surface area contributed by atoms with E-state index < -0.39 is 0 Å². The van der Waals surface area contributed by atoms with Crippen LogP contribution < -0.4 is 10.2 Å². The number of thioether (sulfide) groups is 1. The summed E-state index contributed by atoms with van der Waals surface area (Å²) in [7, 11) is 0. The molecule has 1 N–H and O–H groups in total. The van der Waals surface area contributed by atoms with Gasteiger partial charge in [0.1, 0.15) is 11.9 Å². The summed E-state index contributed by atoms with van der Waals surface area (Å²) in [6, 6.07) is 13.6. The largest absolute Gasteiger partial charge is 0.357 e. The summed E-state index contributed by atoms with van der Waals surface area (Å²) in [6.07, 6.45) is 5.21. The molecule has 1 aliphatic rings. The van der Waals surface area contributed by atoms with Gasteiger partial charge in [-0.2, -0.15) is 5.26 Å². The van der Waals surface area contributed by atoms with Crippen LogP contribution in [0, 0.1) is 17.2 Å². The van der Waals surface area contributed by atoms with Crippen LogP contribution in [0.4, 0.5) is 11.5 Å². The van der Waals surface area contributed by atoms with Gasteiger partial charge in [0.2, 0.25) is 5.91 Å². The van der Waals surface area contributed by atoms with Gasteiger partial charge in [0.05, 0.1) is 5.56 Å². The lowest BCUT2D eigenvalue weighted by Gasteiger charge is -2.32. The molecule has 5 nitrogen and oxygen atoms in total. The molecular formula is C19H20N4OS. The van der Waals surface area contributed by atoms with Crippen LogP contribution in [-0.2, 0) is 4.79 Å². The molecule has 1 fully saturated rings. The molecule has 25 heavy (non-hydrogen) atoms. The van der Waals surface area contributed by atoms with Gasteiger partial charge in [-0.1, -0.05) is 6.07 Å². The van der Waals surface area contributed by atoms with Crippen molar-refractivity contribution >= 4 is 29.2 Å². The zero-order valence-corrected chi connectivity index (χ0v) is 14.9. The average Bonchev–Trinajstić information content (AvgIpc) is 2.68. The van der Waals surface area contributed by atoms with E-state index in [-0.39, 0.29) is 11.8 Å². The van der Waals surface area contributed by atoms with Crippen LogP contribution in [0.3, 0.4) is 0 Å². The third kappa shape index (κ3) is 4.31. The Kier molecular flexibility index (Phi) is 5.56. The molecule has 0 bridgehead atoms. The lowest BCUT2D eigenvalue weighted by Crippen LogP contribution is -2.38. The molecule has 128 valence electrons. The third-order valence-electron chi connectivity index (χ3n) is 4.40. The highest BCUT2D eigenvalue weighted by atomic mass is 32.2. The smallest absolute Gasteiger partial charge is 0.227 e. The van der Waals surface area contributed by atoms with Crippen molar-refractivity contribution in [2.45, 2.75) is 17.7 Å². The average molecular weight is 352 g/mol. The second-order valence-electron chi connectivity index (χ2n) is 6.00. The normalized spacial score (nSPS) is 14.8. The number of pyridine rings is 1. The van der Waals surface area contributed by atoms with Gasteiger partial charge in [-0.25, -0.2) is 4.98 Å². The summed E-state index contributed by atoms with van der Waals surface area (Å²) in [6.45, 7) is 1.59. The first-order valence-corrected chi connectivity index (χ1v) is 9.48. The van der Waals surface area contributed by atoms with E-state index >= 15 is 0 Å². The number of hydrogen-bond acceptors (Lipinski definition) is 5. The van der Waals surface area contributed by atoms with Gasteiger partial charge in [0.25, 0.3) is 0 Å². The molecule has 0 radical (unpaired) electrons. The number of anilines is 2. The number of aromatic nitrogens is 1. The first-order chi connectivity index (χ1) is 12.2. The van der Waals surface area contributed by atoms with Crippen molar-refractivity contribution in [2.75, 3.05) is 29.6 Å². The number of amides is 1. The van der Waals surface area contributed by atoms with Crippen molar-refractivity contribution < 1.29 is 4.79 Å². The monoisotopic (exact) mass is 352 g/mol. The molecule has 0 aliphatic carbocycles. The zero-order valence-electron chi connectivity index (χ0n) is 14.1. The minimum absolute atomic E-state index is 0.0209. The van der Waals surface area contributed by atoms with E-state index in [1.54, 1.807) is 24.0 Å². The standard InChI is InChI=1S/C19H20N4OS/c1-25-17-4-2-3-16(11-17)22-19(24)15-7-9-23(10-8-15)18-6-5-14(12-20)13-21-18/h2-6,11,13,15H,7-10H2,1H3,(H,22,24). The Balaban J connectivity index is 1.56. The summed E-state index contributed by atoms with van der Waals surface area (Å²) >= 11 is 1.66. The number of piperidine rings is 1. The maximum Gasteiger partial charge on any atom is 0.227 e. The molecule has 3 rings (SSSR count). The summed E-state index contributed by atoms with van der Waals surface area (Å²) in [5, 5.41) is 11.9. The number of carbonyl (C=O) groups excluding carboxylic acids is 1. The summed E-state index contributed by atoms with van der Waals surface area (Å²) in [5.41, 5.74) is 1.42. The van der Waals surface area contributed by atoms with Gasteiger partial charge in [-0.15, -0.1) is 11.8 Å². The van der Waals surface area contributed by atoms with Crippen LogP contribution in [0.2, 0.25) is 0 Å². The molecule has 2 heterocycles. The zero-order chi connectivity index (χ0) is 17.6. The number of rotatable bonds is 4. The van der Waals surface area contributed by atoms with Gasteiger partial charge in [-0.3, -0.25) is 4.79 Å². The predicted molar refractivity (Wildman–Crippen MR) is 101 cm³/mol. The number of benzene rings is 1. The first-order valence-electron chi connectivity index (χ1n) is 8.25. The lowest BCUT2D eigenvalue weighted by molar-refractivity contribution is -0.120. The van der Waals surface area contributed by atoms with Gasteiger partial charge in [0, 0.05) is 35.8 Å². The van der Waals surface area contributed by atoms with E-state index in [2.05, 4.69) is 21.3 Å². The number of carbonyl (C=O) groups is 1. The molecule has 0 spiro atoms. The Hall–Kier alpha value is -2.52. The Morgan fingerprint density at radius 1 is 1.32 bits per heavy atom. The molecule has 6 heteroatoms. The van der Waals surface area contributed by atoms with Crippen LogP contribution in [0.15, 0.2) is 47.5 Å². The van der Waals surface area contributed by atoms with Crippen molar-refractivity contribution in [2.24, 2.45) is 5.92 Å². The highest BCUT2D eigenvalue weighted by Gasteiger charge is 2.25. The summed E-state index contributed by atoms with van der Waals surface area (Å²) in [5.74, 6) is 0.976. The summed E-state index contributed by atoms with van der Waals surface area (Å²) in [4.78, 5) is 20.1. The van der Waals surface area contributed by atoms with Crippen molar-refractivity contribution in [3.05, 3.63) is 48.2 Å².